The summed E-state index contributed by atoms with van der Waals surface area (Å²) in [6, 6.07) is 1.98. The highest BCUT2D eigenvalue weighted by molar-refractivity contribution is 9.09. The fourth-order valence-electron chi connectivity index (χ4n) is 1.11. The number of carbonyl (C=O) groups is 1. The number of nitrogens with zero attached hydrogens (tertiary/aromatic N) is 1. The Morgan fingerprint density at radius 3 is 2.60 bits per heavy atom. The molecule has 0 spiro atoms. The predicted molar refractivity (Wildman–Crippen MR) is 69.0 cm³/mol. The van der Waals surface area contributed by atoms with E-state index in [4.69, 9.17) is 0 Å². The molecule has 0 saturated heterocycles. The molecule has 0 N–H and O–H groups in total. The van der Waals surface area contributed by atoms with Crippen LogP contribution in [-0.4, -0.2) is 28.7 Å². The van der Waals surface area contributed by atoms with Crippen molar-refractivity contribution >= 4 is 33.2 Å². The maximum Gasteiger partial charge on any atom is 0.264 e. The monoisotopic (exact) mass is 289 g/mol. The van der Waals surface area contributed by atoms with Gasteiger partial charge in [-0.05, 0) is 37.8 Å². The molecule has 0 saturated carbocycles. The van der Waals surface area contributed by atoms with Gasteiger partial charge in [-0.3, -0.25) is 4.79 Å². The Bertz CT molecular complexity index is 359. The maximum absolute atomic E-state index is 12.1. The molecule has 1 aromatic rings. The second kappa shape index (κ2) is 4.66. The molecule has 0 atom stereocenters. The molecule has 0 fully saturated rings. The van der Waals surface area contributed by atoms with Crippen molar-refractivity contribution in [1.29, 1.82) is 0 Å². The fraction of sp³-hybridized carbons (Fsp3) is 0.545. The van der Waals surface area contributed by atoms with Crippen molar-refractivity contribution in [1.82, 2.24) is 4.90 Å². The number of halogens is 1. The van der Waals surface area contributed by atoms with E-state index in [1.807, 2.05) is 39.3 Å². The summed E-state index contributed by atoms with van der Waals surface area (Å²) in [5, 5.41) is 2.73. The first-order chi connectivity index (χ1) is 6.90. The van der Waals surface area contributed by atoms with E-state index in [0.717, 1.165) is 15.8 Å². The molecule has 2 nitrogen and oxygen atoms in total. The van der Waals surface area contributed by atoms with Crippen molar-refractivity contribution in [3.05, 3.63) is 21.9 Å². The first-order valence-corrected chi connectivity index (χ1v) is 6.78. The molecule has 4 heteroatoms. The molecule has 0 aliphatic rings. The SMILES string of the molecule is Cc1ccsc1C(=O)N(C)C(C)(C)CBr. The molecular weight excluding hydrogens is 274 g/mol. The Morgan fingerprint density at radius 2 is 2.20 bits per heavy atom. The van der Waals surface area contributed by atoms with E-state index in [9.17, 15) is 4.79 Å². The summed E-state index contributed by atoms with van der Waals surface area (Å²) < 4.78 is 0. The zero-order valence-corrected chi connectivity index (χ0v) is 11.9. The van der Waals surface area contributed by atoms with Gasteiger partial charge in [-0.25, -0.2) is 0 Å². The summed E-state index contributed by atoms with van der Waals surface area (Å²) in [5.41, 5.74) is 0.898. The fourth-order valence-corrected chi connectivity index (χ4v) is 2.38. The number of hydrogen-bond acceptors (Lipinski definition) is 2. The van der Waals surface area contributed by atoms with Crippen molar-refractivity contribution in [2.75, 3.05) is 12.4 Å². The van der Waals surface area contributed by atoms with Crippen LogP contribution >= 0.6 is 27.3 Å². The van der Waals surface area contributed by atoms with E-state index in [1.54, 1.807) is 4.90 Å². The van der Waals surface area contributed by atoms with Crippen LogP contribution in [0.3, 0.4) is 0 Å². The van der Waals surface area contributed by atoms with Crippen molar-refractivity contribution < 1.29 is 4.79 Å². The van der Waals surface area contributed by atoms with Crippen molar-refractivity contribution in [3.63, 3.8) is 0 Å². The quantitative estimate of drug-likeness (QED) is 0.782. The van der Waals surface area contributed by atoms with E-state index >= 15 is 0 Å². The number of amides is 1. The average molecular weight is 290 g/mol. The predicted octanol–water partition coefficient (Wildman–Crippen LogP) is 3.30. The van der Waals surface area contributed by atoms with Gasteiger partial charge in [0.2, 0.25) is 0 Å². The van der Waals surface area contributed by atoms with Crippen LogP contribution in [0.4, 0.5) is 0 Å². The highest BCUT2D eigenvalue weighted by atomic mass is 79.9. The smallest absolute Gasteiger partial charge is 0.264 e. The first kappa shape index (κ1) is 12.7. The Labute approximate surface area is 103 Å². The molecule has 1 heterocycles. The van der Waals surface area contributed by atoms with Gasteiger partial charge in [0.25, 0.3) is 5.91 Å². The maximum atomic E-state index is 12.1. The molecule has 1 amide bonds. The minimum absolute atomic E-state index is 0.104. The van der Waals surface area contributed by atoms with Crippen LogP contribution in [0.25, 0.3) is 0 Å². The van der Waals surface area contributed by atoms with Gasteiger partial charge in [0.1, 0.15) is 0 Å². The van der Waals surface area contributed by atoms with Gasteiger partial charge in [-0.15, -0.1) is 11.3 Å². The van der Waals surface area contributed by atoms with Crippen LogP contribution < -0.4 is 0 Å². The Kier molecular flexibility index (Phi) is 3.95. The number of thiophene rings is 1. The minimum atomic E-state index is -0.159. The lowest BCUT2D eigenvalue weighted by atomic mass is 10.1. The van der Waals surface area contributed by atoms with E-state index in [-0.39, 0.29) is 11.4 Å². The lowest BCUT2D eigenvalue weighted by Gasteiger charge is -2.34. The van der Waals surface area contributed by atoms with E-state index in [0.29, 0.717) is 0 Å². The largest absolute Gasteiger partial charge is 0.335 e. The number of rotatable bonds is 3. The van der Waals surface area contributed by atoms with E-state index in [1.165, 1.54) is 11.3 Å². The molecule has 0 unspecified atom stereocenters. The van der Waals surface area contributed by atoms with Crippen LogP contribution in [0.5, 0.6) is 0 Å². The first-order valence-electron chi connectivity index (χ1n) is 4.78. The summed E-state index contributed by atoms with van der Waals surface area (Å²) in [7, 11) is 1.85. The zero-order chi connectivity index (χ0) is 11.6. The third kappa shape index (κ3) is 2.61. The lowest BCUT2D eigenvalue weighted by Crippen LogP contribution is -2.46. The Balaban J connectivity index is 2.92. The Hall–Kier alpha value is -0.350. The van der Waals surface area contributed by atoms with Crippen LogP contribution in [0.2, 0.25) is 0 Å². The molecule has 0 aromatic carbocycles. The normalized spacial score (nSPS) is 11.5. The minimum Gasteiger partial charge on any atom is -0.335 e. The molecule has 0 bridgehead atoms. The molecule has 1 aromatic heterocycles. The summed E-state index contributed by atoms with van der Waals surface area (Å²) in [4.78, 5) is 14.8. The molecule has 0 aliphatic carbocycles. The van der Waals surface area contributed by atoms with Gasteiger partial charge in [-0.2, -0.15) is 0 Å². The summed E-state index contributed by atoms with van der Waals surface area (Å²) >= 11 is 4.94. The van der Waals surface area contributed by atoms with Crippen molar-refractivity contribution in [3.8, 4) is 0 Å². The highest BCUT2D eigenvalue weighted by Gasteiger charge is 2.28. The van der Waals surface area contributed by atoms with E-state index < -0.39 is 0 Å². The van der Waals surface area contributed by atoms with Crippen molar-refractivity contribution in [2.45, 2.75) is 26.3 Å². The molecular formula is C11H16BrNOS. The Morgan fingerprint density at radius 1 is 1.60 bits per heavy atom. The van der Waals surface area contributed by atoms with Gasteiger partial charge in [0.05, 0.1) is 4.88 Å². The topological polar surface area (TPSA) is 20.3 Å². The standard InChI is InChI=1S/C11H16BrNOS/c1-8-5-6-15-9(8)10(14)13(4)11(2,3)7-12/h5-6H,7H2,1-4H3. The van der Waals surface area contributed by atoms with Crippen LogP contribution in [0.15, 0.2) is 11.4 Å². The second-order valence-electron chi connectivity index (χ2n) is 4.24. The van der Waals surface area contributed by atoms with Crippen LogP contribution in [-0.2, 0) is 0 Å². The van der Waals surface area contributed by atoms with Gasteiger partial charge in [0.15, 0.2) is 0 Å². The molecule has 15 heavy (non-hydrogen) atoms. The van der Waals surface area contributed by atoms with Crippen LogP contribution in [0.1, 0.15) is 29.1 Å². The van der Waals surface area contributed by atoms with Crippen molar-refractivity contribution in [2.24, 2.45) is 0 Å². The summed E-state index contributed by atoms with van der Waals surface area (Å²) in [6.45, 7) is 6.06. The lowest BCUT2D eigenvalue weighted by molar-refractivity contribution is 0.0668. The number of aryl methyl sites for hydroxylation is 1. The third-order valence-corrected chi connectivity index (χ3v) is 4.97. The summed E-state index contributed by atoms with van der Waals surface area (Å²) in [6.07, 6.45) is 0. The number of hydrogen-bond donors (Lipinski definition) is 0. The molecule has 1 rings (SSSR count). The molecule has 0 aliphatic heterocycles. The number of alkyl halides is 1. The highest BCUT2D eigenvalue weighted by Crippen LogP contribution is 2.22. The number of carbonyl (C=O) groups excluding carboxylic acids is 1. The summed E-state index contributed by atoms with van der Waals surface area (Å²) in [5.74, 6) is 0.104. The third-order valence-electron chi connectivity index (χ3n) is 2.60. The average Bonchev–Trinajstić information content (AvgIpc) is 2.62. The van der Waals surface area contributed by atoms with E-state index in [2.05, 4.69) is 15.9 Å². The van der Waals surface area contributed by atoms with Gasteiger partial charge in [0, 0.05) is 17.9 Å². The zero-order valence-electron chi connectivity index (χ0n) is 9.50. The molecule has 84 valence electrons. The van der Waals surface area contributed by atoms with Crippen LogP contribution in [0, 0.1) is 6.92 Å². The van der Waals surface area contributed by atoms with Gasteiger partial charge >= 0.3 is 0 Å². The van der Waals surface area contributed by atoms with Gasteiger partial charge < -0.3 is 4.90 Å². The van der Waals surface area contributed by atoms with Gasteiger partial charge in [-0.1, -0.05) is 15.9 Å². The second-order valence-corrected chi connectivity index (χ2v) is 5.72. The molecule has 0 radical (unpaired) electrons.